The molecular weight excluding hydrogens is 346 g/mol. The van der Waals surface area contributed by atoms with E-state index in [1.165, 1.54) is 0 Å². The molecule has 3 aromatic rings. The molecule has 1 aliphatic heterocycles. The standard InChI is InChI=1S/C20H21N3O4/c24-12-14-3-2-8-23(11-14)20(25)18-9-16(27-22-18)13-26-19-5-1-4-15-10-21-7-6-17(15)19/h1,4-7,9-10,14,24H,2-3,8,11-13H2. The largest absolute Gasteiger partial charge is 0.485 e. The van der Waals surface area contributed by atoms with Crippen LogP contribution in [0.4, 0.5) is 0 Å². The number of hydrogen-bond acceptors (Lipinski definition) is 6. The van der Waals surface area contributed by atoms with Gasteiger partial charge in [0, 0.05) is 48.9 Å². The minimum Gasteiger partial charge on any atom is -0.485 e. The number of nitrogens with zero attached hydrogens (tertiary/aromatic N) is 3. The van der Waals surface area contributed by atoms with Gasteiger partial charge in [0.05, 0.1) is 0 Å². The van der Waals surface area contributed by atoms with Crippen molar-refractivity contribution >= 4 is 16.7 Å². The molecule has 27 heavy (non-hydrogen) atoms. The summed E-state index contributed by atoms with van der Waals surface area (Å²) in [6, 6.07) is 9.28. The summed E-state index contributed by atoms with van der Waals surface area (Å²) >= 11 is 0. The topological polar surface area (TPSA) is 88.7 Å². The lowest BCUT2D eigenvalue weighted by molar-refractivity contribution is 0.0610. The van der Waals surface area contributed by atoms with E-state index in [4.69, 9.17) is 9.26 Å². The molecule has 4 rings (SSSR count). The van der Waals surface area contributed by atoms with Crippen LogP contribution in [0.5, 0.6) is 5.75 Å². The van der Waals surface area contributed by atoms with E-state index in [9.17, 15) is 9.90 Å². The van der Waals surface area contributed by atoms with Gasteiger partial charge in [-0.25, -0.2) is 0 Å². The van der Waals surface area contributed by atoms with Gasteiger partial charge in [0.1, 0.15) is 12.4 Å². The third-order valence-electron chi connectivity index (χ3n) is 4.85. The summed E-state index contributed by atoms with van der Waals surface area (Å²) in [5.41, 5.74) is 0.273. The minimum absolute atomic E-state index is 0.0994. The maximum absolute atomic E-state index is 12.6. The quantitative estimate of drug-likeness (QED) is 0.746. The Kier molecular flexibility index (Phi) is 5.02. The first kappa shape index (κ1) is 17.5. The van der Waals surface area contributed by atoms with Crippen molar-refractivity contribution in [3.05, 3.63) is 54.2 Å². The van der Waals surface area contributed by atoms with E-state index in [1.807, 2.05) is 24.3 Å². The second kappa shape index (κ2) is 7.75. The molecule has 0 aliphatic carbocycles. The van der Waals surface area contributed by atoms with Gasteiger partial charge < -0.3 is 19.3 Å². The SMILES string of the molecule is O=C(c1cc(COc2cccc3cnccc23)on1)N1CCCC(CO)C1. The maximum atomic E-state index is 12.6. The molecule has 2 aromatic heterocycles. The minimum atomic E-state index is -0.167. The highest BCUT2D eigenvalue weighted by molar-refractivity contribution is 5.92. The first-order valence-corrected chi connectivity index (χ1v) is 9.06. The molecule has 1 atom stereocenters. The molecule has 0 radical (unpaired) electrons. The molecule has 140 valence electrons. The van der Waals surface area contributed by atoms with E-state index in [0.717, 1.165) is 29.4 Å². The zero-order valence-corrected chi connectivity index (χ0v) is 14.9. The number of amides is 1. The summed E-state index contributed by atoms with van der Waals surface area (Å²) in [7, 11) is 0. The van der Waals surface area contributed by atoms with Gasteiger partial charge >= 0.3 is 0 Å². The van der Waals surface area contributed by atoms with Gasteiger partial charge in [-0.15, -0.1) is 0 Å². The molecule has 0 spiro atoms. The van der Waals surface area contributed by atoms with E-state index in [0.29, 0.717) is 18.8 Å². The zero-order valence-electron chi connectivity index (χ0n) is 14.9. The summed E-state index contributed by atoms with van der Waals surface area (Å²) in [6.45, 7) is 1.51. The van der Waals surface area contributed by atoms with Crippen LogP contribution in [0.25, 0.3) is 10.8 Å². The fourth-order valence-electron chi connectivity index (χ4n) is 3.41. The van der Waals surface area contributed by atoms with Gasteiger partial charge in [0.15, 0.2) is 11.5 Å². The van der Waals surface area contributed by atoms with Crippen molar-refractivity contribution in [3.8, 4) is 5.75 Å². The Hall–Kier alpha value is -2.93. The third kappa shape index (κ3) is 3.78. The van der Waals surface area contributed by atoms with Gasteiger partial charge in [-0.3, -0.25) is 9.78 Å². The lowest BCUT2D eigenvalue weighted by Gasteiger charge is -2.31. The van der Waals surface area contributed by atoms with Crippen LogP contribution in [0.15, 0.2) is 47.2 Å². The van der Waals surface area contributed by atoms with Crippen LogP contribution < -0.4 is 4.74 Å². The number of ether oxygens (including phenoxy) is 1. The van der Waals surface area contributed by atoms with Crippen molar-refractivity contribution in [1.29, 1.82) is 0 Å². The van der Waals surface area contributed by atoms with E-state index in [-0.39, 0.29) is 30.7 Å². The Balaban J connectivity index is 1.43. The number of aromatic nitrogens is 2. The zero-order chi connectivity index (χ0) is 18.6. The van der Waals surface area contributed by atoms with Gasteiger partial charge in [0.2, 0.25) is 0 Å². The molecule has 1 fully saturated rings. The summed E-state index contributed by atoms with van der Waals surface area (Å²) in [5.74, 6) is 1.18. The summed E-state index contributed by atoms with van der Waals surface area (Å²) in [4.78, 5) is 18.4. The van der Waals surface area contributed by atoms with E-state index in [1.54, 1.807) is 23.4 Å². The average molecular weight is 367 g/mol. The number of piperidine rings is 1. The predicted octanol–water partition coefficient (Wildman–Crippen LogP) is 2.65. The molecule has 1 saturated heterocycles. The maximum Gasteiger partial charge on any atom is 0.276 e. The van der Waals surface area contributed by atoms with Crippen LogP contribution in [0, 0.1) is 5.92 Å². The van der Waals surface area contributed by atoms with Crippen LogP contribution in [0.2, 0.25) is 0 Å². The molecular formula is C20H21N3O4. The molecule has 0 saturated carbocycles. The average Bonchev–Trinajstić information content (AvgIpc) is 3.20. The normalized spacial score (nSPS) is 17.2. The van der Waals surface area contributed by atoms with Crippen molar-refractivity contribution in [2.75, 3.05) is 19.7 Å². The fraction of sp³-hybridized carbons (Fsp3) is 0.350. The number of benzene rings is 1. The molecule has 1 N–H and O–H groups in total. The number of aliphatic hydroxyl groups is 1. The van der Waals surface area contributed by atoms with Gasteiger partial charge in [0.25, 0.3) is 5.91 Å². The fourth-order valence-corrected chi connectivity index (χ4v) is 3.41. The predicted molar refractivity (Wildman–Crippen MR) is 98.3 cm³/mol. The summed E-state index contributed by atoms with van der Waals surface area (Å²) < 4.78 is 11.1. The number of hydrogen-bond donors (Lipinski definition) is 1. The second-order valence-electron chi connectivity index (χ2n) is 6.76. The molecule has 7 heteroatoms. The first-order chi connectivity index (χ1) is 13.2. The van der Waals surface area contributed by atoms with Crippen molar-refractivity contribution in [1.82, 2.24) is 15.0 Å². The third-order valence-corrected chi connectivity index (χ3v) is 4.85. The highest BCUT2D eigenvalue weighted by Gasteiger charge is 2.26. The van der Waals surface area contributed by atoms with Crippen LogP contribution in [-0.2, 0) is 6.61 Å². The molecule has 1 aliphatic rings. The smallest absolute Gasteiger partial charge is 0.276 e. The molecule has 0 bridgehead atoms. The van der Waals surface area contributed by atoms with Gasteiger partial charge in [-0.2, -0.15) is 0 Å². The number of rotatable bonds is 5. The number of fused-ring (bicyclic) bond motifs is 1. The van der Waals surface area contributed by atoms with E-state index in [2.05, 4.69) is 10.1 Å². The highest BCUT2D eigenvalue weighted by atomic mass is 16.5. The van der Waals surface area contributed by atoms with E-state index < -0.39 is 0 Å². The van der Waals surface area contributed by atoms with Crippen LogP contribution in [0.1, 0.15) is 29.1 Å². The van der Waals surface area contributed by atoms with Crippen molar-refractivity contribution in [2.24, 2.45) is 5.92 Å². The Labute approximate surface area is 156 Å². The Morgan fingerprint density at radius 2 is 2.30 bits per heavy atom. The Bertz CT molecular complexity index is 934. The first-order valence-electron chi connectivity index (χ1n) is 9.06. The highest BCUT2D eigenvalue weighted by Crippen LogP contribution is 2.25. The Morgan fingerprint density at radius 3 is 3.19 bits per heavy atom. The number of aliphatic hydroxyl groups excluding tert-OH is 1. The van der Waals surface area contributed by atoms with Crippen LogP contribution >= 0.6 is 0 Å². The van der Waals surface area contributed by atoms with Crippen molar-refractivity contribution in [2.45, 2.75) is 19.4 Å². The lowest BCUT2D eigenvalue weighted by atomic mass is 9.99. The second-order valence-corrected chi connectivity index (χ2v) is 6.76. The van der Waals surface area contributed by atoms with Crippen molar-refractivity contribution in [3.63, 3.8) is 0 Å². The number of pyridine rings is 1. The monoisotopic (exact) mass is 367 g/mol. The molecule has 1 unspecified atom stereocenters. The number of carbonyl (C=O) groups excluding carboxylic acids is 1. The number of likely N-dealkylation sites (tertiary alicyclic amines) is 1. The van der Waals surface area contributed by atoms with Gasteiger partial charge in [-0.1, -0.05) is 17.3 Å². The Morgan fingerprint density at radius 1 is 1.37 bits per heavy atom. The van der Waals surface area contributed by atoms with Crippen LogP contribution in [-0.4, -0.2) is 45.8 Å². The van der Waals surface area contributed by atoms with Gasteiger partial charge in [-0.05, 0) is 30.9 Å². The molecule has 1 amide bonds. The van der Waals surface area contributed by atoms with Crippen LogP contribution in [0.3, 0.4) is 0 Å². The summed E-state index contributed by atoms with van der Waals surface area (Å²) in [5, 5.41) is 15.2. The summed E-state index contributed by atoms with van der Waals surface area (Å²) in [6.07, 6.45) is 5.34. The molecule has 1 aromatic carbocycles. The lowest BCUT2D eigenvalue weighted by Crippen LogP contribution is -2.41. The van der Waals surface area contributed by atoms with Crippen molar-refractivity contribution < 1.29 is 19.2 Å². The van der Waals surface area contributed by atoms with E-state index >= 15 is 0 Å². The molecule has 7 nitrogen and oxygen atoms in total. The number of carbonyl (C=O) groups is 1. The molecule has 3 heterocycles.